The minimum absolute atomic E-state index is 0.000985. The molecule has 2 aliphatic heterocycles. The molecule has 0 radical (unpaired) electrons. The van der Waals surface area contributed by atoms with Crippen LogP contribution in [0.4, 0.5) is 5.95 Å². The zero-order chi connectivity index (χ0) is 22.3. The second-order valence-electron chi connectivity index (χ2n) is 8.99. The van der Waals surface area contributed by atoms with E-state index in [1.54, 1.807) is 0 Å². The summed E-state index contributed by atoms with van der Waals surface area (Å²) in [5, 5.41) is 3.17. The van der Waals surface area contributed by atoms with E-state index in [2.05, 4.69) is 68.1 Å². The molecule has 0 aliphatic carbocycles. The molecule has 1 unspecified atom stereocenters. The van der Waals surface area contributed by atoms with E-state index < -0.39 is 0 Å². The molecule has 1 aromatic carbocycles. The summed E-state index contributed by atoms with van der Waals surface area (Å²) in [6.45, 7) is 13.1. The van der Waals surface area contributed by atoms with Gasteiger partial charge in [-0.3, -0.25) is 9.69 Å². The highest BCUT2D eigenvalue weighted by molar-refractivity contribution is 5.79. The molecule has 172 valence electrons. The molecule has 0 spiro atoms. The molecule has 7 heteroatoms. The summed E-state index contributed by atoms with van der Waals surface area (Å²) in [5.74, 6) is 0.881. The summed E-state index contributed by atoms with van der Waals surface area (Å²) in [7, 11) is 0. The van der Waals surface area contributed by atoms with Crippen molar-refractivity contribution >= 4 is 11.9 Å². The Morgan fingerprint density at radius 1 is 1.00 bits per heavy atom. The maximum atomic E-state index is 12.8. The molecule has 3 heterocycles. The molecular weight excluding hydrogens is 400 g/mol. The number of carbonyl (C=O) groups excluding carboxylic acids is 1. The average Bonchev–Trinajstić information content (AvgIpc) is 2.85. The van der Waals surface area contributed by atoms with Crippen LogP contribution in [0.2, 0.25) is 0 Å². The quantitative estimate of drug-likeness (QED) is 0.719. The highest BCUT2D eigenvalue weighted by Gasteiger charge is 2.27. The largest absolute Gasteiger partial charge is 0.355 e. The lowest BCUT2D eigenvalue weighted by Crippen LogP contribution is -2.49. The number of nitrogens with zero attached hydrogens (tertiary/aromatic N) is 5. The molecule has 2 saturated heterocycles. The number of benzene rings is 1. The summed E-state index contributed by atoms with van der Waals surface area (Å²) >= 11 is 0. The maximum absolute atomic E-state index is 12.8. The number of aromatic nitrogens is 2. The lowest BCUT2D eigenvalue weighted by molar-refractivity contribution is -0.125. The Kier molecular flexibility index (Phi) is 7.71. The van der Waals surface area contributed by atoms with Gasteiger partial charge in [-0.25, -0.2) is 9.97 Å². The SMILES string of the molecule is CCN1CCN(CCNC(=O)C2CCCN(c3ncc(-c4ccc(C)cc4)cn3)C2)CC1. The number of nitrogens with one attached hydrogen (secondary N) is 1. The molecular formula is C25H36N6O. The normalized spacial score (nSPS) is 20.3. The van der Waals surface area contributed by atoms with Gasteiger partial charge in [0.1, 0.15) is 0 Å². The Bertz CT molecular complexity index is 861. The number of rotatable bonds is 7. The van der Waals surface area contributed by atoms with Crippen molar-refractivity contribution in [2.24, 2.45) is 5.92 Å². The second kappa shape index (κ2) is 10.9. The van der Waals surface area contributed by atoms with Crippen molar-refractivity contribution in [3.05, 3.63) is 42.2 Å². The first kappa shape index (κ1) is 22.7. The average molecular weight is 437 g/mol. The first-order chi connectivity index (χ1) is 15.6. The van der Waals surface area contributed by atoms with Crippen molar-refractivity contribution in [2.75, 3.05) is 63.8 Å². The van der Waals surface area contributed by atoms with Gasteiger partial charge in [-0.2, -0.15) is 0 Å². The molecule has 2 aromatic rings. The van der Waals surface area contributed by atoms with Crippen LogP contribution in [-0.4, -0.2) is 84.6 Å². The standard InChI is InChI=1S/C25H36N6O/c1-3-29-13-15-30(16-14-29)12-10-26-24(32)22-5-4-11-31(19-22)25-27-17-23(18-28-25)21-8-6-20(2)7-9-21/h6-9,17-18,22H,3-5,10-16,19H2,1-2H3,(H,26,32). The molecule has 1 amide bonds. The van der Waals surface area contributed by atoms with Crippen LogP contribution < -0.4 is 10.2 Å². The number of carbonyl (C=O) groups is 1. The van der Waals surface area contributed by atoms with Gasteiger partial charge in [0, 0.05) is 70.3 Å². The third-order valence-electron chi connectivity index (χ3n) is 6.74. The van der Waals surface area contributed by atoms with Crippen molar-refractivity contribution in [3.8, 4) is 11.1 Å². The van der Waals surface area contributed by atoms with E-state index in [4.69, 9.17) is 0 Å². The van der Waals surface area contributed by atoms with Crippen LogP contribution in [0.15, 0.2) is 36.7 Å². The minimum Gasteiger partial charge on any atom is -0.355 e. The Morgan fingerprint density at radius 3 is 2.38 bits per heavy atom. The van der Waals surface area contributed by atoms with Crippen LogP contribution in [0.1, 0.15) is 25.3 Å². The number of likely N-dealkylation sites (N-methyl/N-ethyl adjacent to an activating group) is 1. The van der Waals surface area contributed by atoms with Gasteiger partial charge >= 0.3 is 0 Å². The first-order valence-electron chi connectivity index (χ1n) is 12.0. The van der Waals surface area contributed by atoms with E-state index in [0.717, 1.165) is 76.3 Å². The van der Waals surface area contributed by atoms with Gasteiger partial charge < -0.3 is 15.1 Å². The van der Waals surface area contributed by atoms with Crippen molar-refractivity contribution in [2.45, 2.75) is 26.7 Å². The molecule has 1 N–H and O–H groups in total. The van der Waals surface area contributed by atoms with Crippen LogP contribution in [0.3, 0.4) is 0 Å². The molecule has 1 atom stereocenters. The van der Waals surface area contributed by atoms with Gasteiger partial charge in [0.05, 0.1) is 5.92 Å². The molecule has 0 saturated carbocycles. The maximum Gasteiger partial charge on any atom is 0.225 e. The molecule has 2 fully saturated rings. The molecule has 2 aliphatic rings. The monoisotopic (exact) mass is 436 g/mol. The number of hydrogen-bond donors (Lipinski definition) is 1. The number of aryl methyl sites for hydroxylation is 1. The fraction of sp³-hybridized carbons (Fsp3) is 0.560. The van der Waals surface area contributed by atoms with E-state index in [0.29, 0.717) is 12.5 Å². The predicted octanol–water partition coefficient (Wildman–Crippen LogP) is 2.42. The Labute approximate surface area is 191 Å². The summed E-state index contributed by atoms with van der Waals surface area (Å²) in [5.41, 5.74) is 3.37. The molecule has 1 aromatic heterocycles. The summed E-state index contributed by atoms with van der Waals surface area (Å²) in [6.07, 6.45) is 5.68. The van der Waals surface area contributed by atoms with E-state index in [1.165, 1.54) is 5.56 Å². The summed E-state index contributed by atoms with van der Waals surface area (Å²) in [6, 6.07) is 8.39. The van der Waals surface area contributed by atoms with E-state index in [9.17, 15) is 4.79 Å². The molecule has 7 nitrogen and oxygen atoms in total. The number of piperazine rings is 1. The zero-order valence-electron chi connectivity index (χ0n) is 19.5. The smallest absolute Gasteiger partial charge is 0.225 e. The van der Waals surface area contributed by atoms with Gasteiger partial charge in [-0.05, 0) is 31.9 Å². The van der Waals surface area contributed by atoms with Crippen molar-refractivity contribution in [1.29, 1.82) is 0 Å². The summed E-state index contributed by atoms with van der Waals surface area (Å²) in [4.78, 5) is 29.1. The highest BCUT2D eigenvalue weighted by atomic mass is 16.1. The van der Waals surface area contributed by atoms with E-state index in [-0.39, 0.29) is 11.8 Å². The van der Waals surface area contributed by atoms with Gasteiger partial charge in [0.2, 0.25) is 11.9 Å². The van der Waals surface area contributed by atoms with E-state index in [1.807, 2.05) is 12.4 Å². The van der Waals surface area contributed by atoms with Crippen LogP contribution in [0.5, 0.6) is 0 Å². The fourth-order valence-electron chi connectivity index (χ4n) is 4.56. The number of amides is 1. The molecule has 0 bridgehead atoms. The molecule has 32 heavy (non-hydrogen) atoms. The summed E-state index contributed by atoms with van der Waals surface area (Å²) < 4.78 is 0. The Balaban J connectivity index is 1.25. The fourth-order valence-corrected chi connectivity index (χ4v) is 4.56. The third-order valence-corrected chi connectivity index (χ3v) is 6.74. The van der Waals surface area contributed by atoms with Crippen LogP contribution >= 0.6 is 0 Å². The van der Waals surface area contributed by atoms with Crippen molar-refractivity contribution < 1.29 is 4.79 Å². The van der Waals surface area contributed by atoms with Crippen molar-refractivity contribution in [3.63, 3.8) is 0 Å². The number of hydrogen-bond acceptors (Lipinski definition) is 6. The highest BCUT2D eigenvalue weighted by Crippen LogP contribution is 2.23. The Morgan fingerprint density at radius 2 is 1.69 bits per heavy atom. The van der Waals surface area contributed by atoms with Crippen molar-refractivity contribution in [1.82, 2.24) is 25.1 Å². The van der Waals surface area contributed by atoms with E-state index >= 15 is 0 Å². The van der Waals surface area contributed by atoms with Crippen LogP contribution in [-0.2, 0) is 4.79 Å². The van der Waals surface area contributed by atoms with Crippen LogP contribution in [0.25, 0.3) is 11.1 Å². The second-order valence-corrected chi connectivity index (χ2v) is 8.99. The lowest BCUT2D eigenvalue weighted by atomic mass is 9.97. The van der Waals surface area contributed by atoms with Gasteiger partial charge in [-0.15, -0.1) is 0 Å². The van der Waals surface area contributed by atoms with Gasteiger partial charge in [0.15, 0.2) is 0 Å². The van der Waals surface area contributed by atoms with Gasteiger partial charge in [0.25, 0.3) is 0 Å². The zero-order valence-corrected chi connectivity index (χ0v) is 19.5. The number of anilines is 1. The van der Waals surface area contributed by atoms with Gasteiger partial charge in [-0.1, -0.05) is 36.8 Å². The lowest BCUT2D eigenvalue weighted by Gasteiger charge is -2.34. The first-order valence-corrected chi connectivity index (χ1v) is 12.0. The predicted molar refractivity (Wildman–Crippen MR) is 129 cm³/mol. The molecule has 4 rings (SSSR count). The topological polar surface area (TPSA) is 64.6 Å². The minimum atomic E-state index is 0.000985. The van der Waals surface area contributed by atoms with Crippen LogP contribution in [0, 0.1) is 12.8 Å². The number of piperidine rings is 1. The third kappa shape index (κ3) is 5.84. The Hall–Kier alpha value is -2.51.